The highest BCUT2D eigenvalue weighted by atomic mass is 32.1. The molecule has 0 spiro atoms. The number of thiol groups is 1. The summed E-state index contributed by atoms with van der Waals surface area (Å²) in [7, 11) is 0. The molecule has 1 aromatic carbocycles. The quantitative estimate of drug-likeness (QED) is 0.700. The van der Waals surface area contributed by atoms with Crippen molar-refractivity contribution in [1.82, 2.24) is 9.97 Å². The lowest BCUT2D eigenvalue weighted by molar-refractivity contribution is 1.29. The molecule has 2 nitrogen and oxygen atoms in total. The van der Waals surface area contributed by atoms with Crippen LogP contribution in [0.1, 0.15) is 5.82 Å². The Hall–Kier alpha value is -1.22. The normalized spacial score (nSPS) is 11.5. The number of imidazole rings is 1. The molecule has 0 amide bonds. The zero-order valence-corrected chi connectivity index (χ0v) is 7.96. The lowest BCUT2D eigenvalue weighted by Crippen LogP contribution is -1.72. The van der Waals surface area contributed by atoms with E-state index in [-0.39, 0.29) is 0 Å². The minimum atomic E-state index is 0.733. The first-order valence-corrected chi connectivity index (χ1v) is 4.75. The molecule has 66 valence electrons. The summed E-state index contributed by atoms with van der Waals surface area (Å²) in [6.45, 7) is 0. The van der Waals surface area contributed by atoms with Gasteiger partial charge in [-0.05, 0) is 18.2 Å². The Labute approximate surface area is 82.1 Å². The molecule has 2 aromatic rings. The Kier molecular flexibility index (Phi) is 2.36. The number of aromatic nitrogens is 2. The van der Waals surface area contributed by atoms with Crippen LogP contribution in [0.25, 0.3) is 17.1 Å². The summed E-state index contributed by atoms with van der Waals surface area (Å²) in [6.07, 6.45) is 3.90. The second-order valence-electron chi connectivity index (χ2n) is 2.72. The van der Waals surface area contributed by atoms with Crippen molar-refractivity contribution in [3.63, 3.8) is 0 Å². The molecule has 0 aliphatic carbocycles. The smallest absolute Gasteiger partial charge is 0.130 e. The van der Waals surface area contributed by atoms with Crippen molar-refractivity contribution in [2.24, 2.45) is 0 Å². The van der Waals surface area contributed by atoms with Gasteiger partial charge in [-0.15, -0.1) is 0 Å². The number of H-pyrrole nitrogens is 1. The maximum atomic E-state index is 4.37. The van der Waals surface area contributed by atoms with Gasteiger partial charge in [0.15, 0.2) is 0 Å². The summed E-state index contributed by atoms with van der Waals surface area (Å²) in [5.41, 5.74) is 2.07. The van der Waals surface area contributed by atoms with E-state index in [1.807, 2.05) is 36.4 Å². The third-order valence-corrected chi connectivity index (χ3v) is 2.00. The molecule has 2 rings (SSSR count). The van der Waals surface area contributed by atoms with Gasteiger partial charge in [0.2, 0.25) is 0 Å². The van der Waals surface area contributed by atoms with Crippen LogP contribution in [0.4, 0.5) is 0 Å². The van der Waals surface area contributed by atoms with Crippen LogP contribution in [-0.2, 0) is 0 Å². The maximum absolute atomic E-state index is 4.37. The Morgan fingerprint density at radius 2 is 2.23 bits per heavy atom. The van der Waals surface area contributed by atoms with Crippen molar-refractivity contribution in [2.75, 3.05) is 5.75 Å². The van der Waals surface area contributed by atoms with Crippen molar-refractivity contribution in [3.8, 4) is 0 Å². The van der Waals surface area contributed by atoms with E-state index in [1.54, 1.807) is 0 Å². The molecule has 1 aromatic heterocycles. The fourth-order valence-corrected chi connectivity index (χ4v) is 1.32. The number of nitrogens with one attached hydrogen (secondary N) is 1. The number of aromatic amines is 1. The summed E-state index contributed by atoms with van der Waals surface area (Å²) in [5.74, 6) is 1.62. The molecule has 0 aliphatic rings. The number of rotatable bonds is 2. The van der Waals surface area contributed by atoms with Crippen molar-refractivity contribution < 1.29 is 0 Å². The van der Waals surface area contributed by atoms with Gasteiger partial charge in [0.1, 0.15) is 5.82 Å². The summed E-state index contributed by atoms with van der Waals surface area (Å²) in [6, 6.07) is 7.98. The second-order valence-corrected chi connectivity index (χ2v) is 3.09. The van der Waals surface area contributed by atoms with Gasteiger partial charge in [-0.1, -0.05) is 18.2 Å². The summed E-state index contributed by atoms with van der Waals surface area (Å²) in [4.78, 5) is 7.57. The van der Waals surface area contributed by atoms with E-state index < -0.39 is 0 Å². The van der Waals surface area contributed by atoms with Crippen molar-refractivity contribution in [3.05, 3.63) is 36.2 Å². The highest BCUT2D eigenvalue weighted by Crippen LogP contribution is 2.10. The van der Waals surface area contributed by atoms with Crippen molar-refractivity contribution in [2.45, 2.75) is 0 Å². The largest absolute Gasteiger partial charge is 0.338 e. The van der Waals surface area contributed by atoms with Crippen molar-refractivity contribution >= 4 is 29.7 Å². The number of hydrogen-bond donors (Lipinski definition) is 2. The number of benzene rings is 1. The molecular weight excluding hydrogens is 180 g/mol. The molecule has 0 atom stereocenters. The zero-order valence-electron chi connectivity index (χ0n) is 7.07. The van der Waals surface area contributed by atoms with Crippen LogP contribution in [0.15, 0.2) is 30.3 Å². The van der Waals surface area contributed by atoms with Gasteiger partial charge in [-0.3, -0.25) is 0 Å². The fraction of sp³-hybridized carbons (Fsp3) is 0.100. The van der Waals surface area contributed by atoms with E-state index in [9.17, 15) is 0 Å². The first kappa shape index (κ1) is 8.38. The first-order chi connectivity index (χ1) is 6.40. The van der Waals surface area contributed by atoms with Crippen LogP contribution < -0.4 is 0 Å². The number of fused-ring (bicyclic) bond motifs is 1. The van der Waals surface area contributed by atoms with Crippen LogP contribution in [-0.4, -0.2) is 15.7 Å². The predicted molar refractivity (Wildman–Crippen MR) is 59.0 cm³/mol. The Morgan fingerprint density at radius 3 is 3.00 bits per heavy atom. The average molecular weight is 190 g/mol. The summed E-state index contributed by atoms with van der Waals surface area (Å²) < 4.78 is 0. The second kappa shape index (κ2) is 3.66. The topological polar surface area (TPSA) is 28.7 Å². The fourth-order valence-electron chi connectivity index (χ4n) is 1.22. The van der Waals surface area contributed by atoms with Crippen LogP contribution in [0.2, 0.25) is 0 Å². The Bertz CT molecular complexity index is 398. The van der Waals surface area contributed by atoms with Crippen LogP contribution in [0.5, 0.6) is 0 Å². The van der Waals surface area contributed by atoms with Crippen molar-refractivity contribution in [1.29, 1.82) is 0 Å². The molecule has 0 unspecified atom stereocenters. The summed E-state index contributed by atoms with van der Waals surface area (Å²) >= 11 is 4.09. The number of hydrogen-bond acceptors (Lipinski definition) is 2. The van der Waals surface area contributed by atoms with E-state index in [4.69, 9.17) is 0 Å². The Morgan fingerprint density at radius 1 is 1.38 bits per heavy atom. The third kappa shape index (κ3) is 1.75. The zero-order chi connectivity index (χ0) is 9.10. The van der Waals surface area contributed by atoms with Gasteiger partial charge in [0.05, 0.1) is 11.0 Å². The van der Waals surface area contributed by atoms with Crippen LogP contribution in [0, 0.1) is 0 Å². The highest BCUT2D eigenvalue weighted by Gasteiger charge is 1.96. The minimum absolute atomic E-state index is 0.733. The number of nitrogens with zero attached hydrogens (tertiary/aromatic N) is 1. The monoisotopic (exact) mass is 190 g/mol. The molecule has 0 aliphatic heterocycles. The standard InChI is InChI=1S/C10H10N2S/c13-7-3-6-10-11-8-4-1-2-5-9(8)12-10/h1-6,13H,7H2,(H,11,12). The first-order valence-electron chi connectivity index (χ1n) is 4.12. The number of para-hydroxylation sites is 2. The van der Waals surface area contributed by atoms with E-state index in [1.165, 1.54) is 0 Å². The molecular formula is C10H10N2S. The molecule has 0 bridgehead atoms. The van der Waals surface area contributed by atoms with Gasteiger partial charge in [0, 0.05) is 5.75 Å². The molecule has 0 radical (unpaired) electrons. The van der Waals surface area contributed by atoms with Gasteiger partial charge in [-0.25, -0.2) is 4.98 Å². The van der Waals surface area contributed by atoms with E-state index in [0.717, 1.165) is 22.6 Å². The van der Waals surface area contributed by atoms with Gasteiger partial charge >= 0.3 is 0 Å². The molecule has 0 fully saturated rings. The highest BCUT2D eigenvalue weighted by molar-refractivity contribution is 7.80. The Balaban J connectivity index is 2.44. The van der Waals surface area contributed by atoms with E-state index >= 15 is 0 Å². The predicted octanol–water partition coefficient (Wildman–Crippen LogP) is 2.51. The molecule has 1 heterocycles. The minimum Gasteiger partial charge on any atom is -0.338 e. The van der Waals surface area contributed by atoms with Crippen LogP contribution >= 0.6 is 12.6 Å². The lowest BCUT2D eigenvalue weighted by Gasteiger charge is -1.81. The SMILES string of the molecule is SCC=Cc1nc2ccccc2[nH]1. The molecule has 1 N–H and O–H groups in total. The van der Waals surface area contributed by atoms with Gasteiger partial charge < -0.3 is 4.98 Å². The van der Waals surface area contributed by atoms with E-state index in [2.05, 4.69) is 22.6 Å². The maximum Gasteiger partial charge on any atom is 0.130 e. The molecule has 0 saturated heterocycles. The lowest BCUT2D eigenvalue weighted by atomic mass is 10.3. The molecule has 3 heteroatoms. The third-order valence-electron chi connectivity index (χ3n) is 1.79. The van der Waals surface area contributed by atoms with Crippen LogP contribution in [0.3, 0.4) is 0 Å². The average Bonchev–Trinajstić information content (AvgIpc) is 2.57. The molecule has 0 saturated carbocycles. The summed E-state index contributed by atoms with van der Waals surface area (Å²) in [5, 5.41) is 0. The van der Waals surface area contributed by atoms with E-state index in [0.29, 0.717) is 0 Å². The molecule has 13 heavy (non-hydrogen) atoms. The van der Waals surface area contributed by atoms with Gasteiger partial charge in [-0.2, -0.15) is 12.6 Å². The van der Waals surface area contributed by atoms with Gasteiger partial charge in [0.25, 0.3) is 0 Å².